The van der Waals surface area contributed by atoms with Gasteiger partial charge in [0.2, 0.25) is 0 Å². The number of hydrogen-bond acceptors (Lipinski definition) is 3. The predicted molar refractivity (Wildman–Crippen MR) is 61.9 cm³/mol. The number of aliphatic carboxylic acids is 1. The number of carboxylic acids is 1. The molecule has 1 N–H and O–H groups in total. The molecule has 0 amide bonds. The normalized spacial score (nSPS) is 10.4. The Morgan fingerprint density at radius 3 is 2.59 bits per heavy atom. The molecular weight excluding hydrogens is 222 g/mol. The first-order valence-electron chi connectivity index (χ1n) is 4.96. The summed E-state index contributed by atoms with van der Waals surface area (Å²) in [7, 11) is 0. The van der Waals surface area contributed by atoms with Crippen LogP contribution in [0.25, 0.3) is 10.8 Å². The zero-order chi connectivity index (χ0) is 12.4. The average Bonchev–Trinajstić information content (AvgIpc) is 2.27. The first kappa shape index (κ1) is 11.1. The highest BCUT2D eigenvalue weighted by molar-refractivity contribution is 5.93. The van der Waals surface area contributed by atoms with Crippen LogP contribution in [0.3, 0.4) is 0 Å². The summed E-state index contributed by atoms with van der Waals surface area (Å²) < 4.78 is 0. The van der Waals surface area contributed by atoms with Gasteiger partial charge in [-0.05, 0) is 11.5 Å². The molecule has 2 aromatic carbocycles. The molecule has 0 saturated heterocycles. The average molecular weight is 231 g/mol. The van der Waals surface area contributed by atoms with E-state index in [1.54, 1.807) is 30.3 Å². The molecule has 2 aromatic rings. The van der Waals surface area contributed by atoms with Gasteiger partial charge < -0.3 is 5.11 Å². The van der Waals surface area contributed by atoms with Crippen molar-refractivity contribution in [2.24, 2.45) is 0 Å². The van der Waals surface area contributed by atoms with Crippen molar-refractivity contribution in [3.63, 3.8) is 0 Å². The van der Waals surface area contributed by atoms with Crippen LogP contribution < -0.4 is 0 Å². The van der Waals surface area contributed by atoms with E-state index in [1.165, 1.54) is 6.07 Å². The van der Waals surface area contributed by atoms with Gasteiger partial charge in [-0.15, -0.1) is 0 Å². The van der Waals surface area contributed by atoms with Crippen LogP contribution in [0.5, 0.6) is 0 Å². The van der Waals surface area contributed by atoms with Crippen LogP contribution in [0.15, 0.2) is 36.4 Å². The van der Waals surface area contributed by atoms with E-state index in [9.17, 15) is 14.9 Å². The molecule has 0 aliphatic carbocycles. The Morgan fingerprint density at radius 2 is 1.94 bits per heavy atom. The van der Waals surface area contributed by atoms with E-state index in [1.807, 2.05) is 0 Å². The van der Waals surface area contributed by atoms with Gasteiger partial charge in [-0.1, -0.05) is 30.3 Å². The van der Waals surface area contributed by atoms with Gasteiger partial charge in [0.1, 0.15) is 0 Å². The molecule has 0 aromatic heterocycles. The highest BCUT2D eigenvalue weighted by atomic mass is 16.6. The maximum absolute atomic E-state index is 11.0. The highest BCUT2D eigenvalue weighted by Gasteiger charge is 2.19. The predicted octanol–water partition coefficient (Wildman–Crippen LogP) is 2.38. The third kappa shape index (κ3) is 2.08. The van der Waals surface area contributed by atoms with Crippen molar-refractivity contribution in [3.05, 3.63) is 52.1 Å². The minimum Gasteiger partial charge on any atom is -0.481 e. The SMILES string of the molecule is O=C(O)Cc1ccc2ccccc2c1[N+](=O)[O-]. The Hall–Kier alpha value is -2.43. The van der Waals surface area contributed by atoms with Crippen LogP contribution in [0, 0.1) is 10.1 Å². The maximum atomic E-state index is 11.0. The van der Waals surface area contributed by atoms with E-state index in [4.69, 9.17) is 5.11 Å². The zero-order valence-corrected chi connectivity index (χ0v) is 8.79. The minimum atomic E-state index is -1.08. The van der Waals surface area contributed by atoms with Gasteiger partial charge in [-0.25, -0.2) is 0 Å². The van der Waals surface area contributed by atoms with Crippen molar-refractivity contribution in [3.8, 4) is 0 Å². The number of benzene rings is 2. The molecule has 0 aliphatic rings. The monoisotopic (exact) mass is 231 g/mol. The lowest BCUT2D eigenvalue weighted by molar-refractivity contribution is -0.383. The molecule has 0 saturated carbocycles. The van der Waals surface area contributed by atoms with Crippen molar-refractivity contribution >= 4 is 22.4 Å². The smallest absolute Gasteiger partial charge is 0.308 e. The number of nitro benzene ring substituents is 1. The van der Waals surface area contributed by atoms with Crippen LogP contribution in [-0.2, 0) is 11.2 Å². The fraction of sp³-hybridized carbons (Fsp3) is 0.0833. The third-order valence-electron chi connectivity index (χ3n) is 2.51. The Kier molecular flexibility index (Phi) is 2.74. The number of rotatable bonds is 3. The van der Waals surface area contributed by atoms with E-state index >= 15 is 0 Å². The molecular formula is C12H9NO4. The number of hydrogen-bond donors (Lipinski definition) is 1. The molecule has 0 aliphatic heterocycles. The molecule has 17 heavy (non-hydrogen) atoms. The van der Waals surface area contributed by atoms with Crippen molar-refractivity contribution < 1.29 is 14.8 Å². The first-order valence-corrected chi connectivity index (χ1v) is 4.96. The third-order valence-corrected chi connectivity index (χ3v) is 2.51. The molecule has 0 heterocycles. The Labute approximate surface area is 96.5 Å². The van der Waals surface area contributed by atoms with Crippen LogP contribution in [0.2, 0.25) is 0 Å². The van der Waals surface area contributed by atoms with E-state index in [0.717, 1.165) is 5.39 Å². The highest BCUT2D eigenvalue weighted by Crippen LogP contribution is 2.29. The van der Waals surface area contributed by atoms with Gasteiger partial charge in [0.05, 0.1) is 16.7 Å². The van der Waals surface area contributed by atoms with Crippen LogP contribution in [0.4, 0.5) is 5.69 Å². The summed E-state index contributed by atoms with van der Waals surface area (Å²) in [4.78, 5) is 21.2. The number of carbonyl (C=O) groups is 1. The summed E-state index contributed by atoms with van der Waals surface area (Å²) in [6.07, 6.45) is -0.346. The molecule has 86 valence electrons. The molecule has 2 rings (SSSR count). The fourth-order valence-corrected chi connectivity index (χ4v) is 1.82. The summed E-state index contributed by atoms with van der Waals surface area (Å²) in [6.45, 7) is 0. The quantitative estimate of drug-likeness (QED) is 0.649. The van der Waals surface area contributed by atoms with Crippen molar-refractivity contribution in [2.45, 2.75) is 6.42 Å². The van der Waals surface area contributed by atoms with Crippen LogP contribution in [-0.4, -0.2) is 16.0 Å². The summed E-state index contributed by atoms with van der Waals surface area (Å²) in [5.41, 5.74) is 0.103. The summed E-state index contributed by atoms with van der Waals surface area (Å²) in [5, 5.41) is 21.0. The second kappa shape index (κ2) is 4.21. The van der Waals surface area contributed by atoms with E-state index in [0.29, 0.717) is 5.39 Å². The van der Waals surface area contributed by atoms with Crippen molar-refractivity contribution in [1.82, 2.24) is 0 Å². The van der Waals surface area contributed by atoms with E-state index in [-0.39, 0.29) is 17.7 Å². The second-order valence-corrected chi connectivity index (χ2v) is 3.62. The van der Waals surface area contributed by atoms with Gasteiger partial charge in [0.15, 0.2) is 0 Å². The number of nitro groups is 1. The molecule has 0 spiro atoms. The molecule has 0 unspecified atom stereocenters. The van der Waals surface area contributed by atoms with Gasteiger partial charge in [0, 0.05) is 5.56 Å². The van der Waals surface area contributed by atoms with Crippen molar-refractivity contribution in [2.75, 3.05) is 0 Å². The zero-order valence-electron chi connectivity index (χ0n) is 8.79. The van der Waals surface area contributed by atoms with Gasteiger partial charge in [0.25, 0.3) is 5.69 Å². The summed E-state index contributed by atoms with van der Waals surface area (Å²) >= 11 is 0. The Balaban J connectivity index is 2.72. The van der Waals surface area contributed by atoms with E-state index in [2.05, 4.69) is 0 Å². The molecule has 0 radical (unpaired) electrons. The molecule has 0 atom stereocenters. The number of nitrogens with zero attached hydrogens (tertiary/aromatic N) is 1. The number of fused-ring (bicyclic) bond motifs is 1. The lowest BCUT2D eigenvalue weighted by Gasteiger charge is -2.04. The van der Waals surface area contributed by atoms with Crippen molar-refractivity contribution in [1.29, 1.82) is 0 Å². The molecule has 5 nitrogen and oxygen atoms in total. The van der Waals surface area contributed by atoms with Gasteiger partial charge >= 0.3 is 5.97 Å². The second-order valence-electron chi connectivity index (χ2n) is 3.62. The van der Waals surface area contributed by atoms with Crippen LogP contribution >= 0.6 is 0 Å². The van der Waals surface area contributed by atoms with Crippen LogP contribution in [0.1, 0.15) is 5.56 Å². The Morgan fingerprint density at radius 1 is 1.24 bits per heavy atom. The lowest BCUT2D eigenvalue weighted by Crippen LogP contribution is -2.04. The summed E-state index contributed by atoms with van der Waals surface area (Å²) in [5.74, 6) is -1.08. The Bertz CT molecular complexity index is 606. The number of carboxylic acid groups (broad SMARTS) is 1. The standard InChI is InChI=1S/C12H9NO4/c14-11(15)7-9-6-5-8-3-1-2-4-10(8)12(9)13(16)17/h1-6H,7H2,(H,14,15). The lowest BCUT2D eigenvalue weighted by atomic mass is 10.0. The largest absolute Gasteiger partial charge is 0.481 e. The first-order chi connectivity index (χ1) is 8.09. The minimum absolute atomic E-state index is 0.120. The molecule has 0 fully saturated rings. The molecule has 5 heteroatoms. The van der Waals surface area contributed by atoms with E-state index < -0.39 is 10.9 Å². The van der Waals surface area contributed by atoms with Gasteiger partial charge in [-0.3, -0.25) is 14.9 Å². The maximum Gasteiger partial charge on any atom is 0.308 e. The topological polar surface area (TPSA) is 80.4 Å². The molecule has 0 bridgehead atoms. The summed E-state index contributed by atoms with van der Waals surface area (Å²) in [6, 6.07) is 10.0. The van der Waals surface area contributed by atoms with Gasteiger partial charge in [-0.2, -0.15) is 0 Å². The fourth-order valence-electron chi connectivity index (χ4n) is 1.82.